The molecular weight excluding hydrogens is 243 g/mol. The molecule has 2 rings (SSSR count). The molecule has 0 saturated heterocycles. The Morgan fingerprint density at radius 3 is 2.63 bits per heavy atom. The predicted molar refractivity (Wildman–Crippen MR) is 72.7 cm³/mol. The van der Waals surface area contributed by atoms with E-state index in [2.05, 4.69) is 10.3 Å². The molecule has 1 aromatic carbocycles. The number of para-hydroxylation sites is 1. The van der Waals surface area contributed by atoms with Gasteiger partial charge in [-0.3, -0.25) is 0 Å². The van der Waals surface area contributed by atoms with E-state index in [1.165, 1.54) is 0 Å². The Balaban J connectivity index is 2.15. The van der Waals surface area contributed by atoms with Gasteiger partial charge in [0, 0.05) is 24.3 Å². The molecule has 0 fully saturated rings. The summed E-state index contributed by atoms with van der Waals surface area (Å²) < 4.78 is 19.6. The summed E-state index contributed by atoms with van der Waals surface area (Å²) in [6.45, 7) is 4.48. The summed E-state index contributed by atoms with van der Waals surface area (Å²) in [7, 11) is 0. The van der Waals surface area contributed by atoms with Gasteiger partial charge in [-0.1, -0.05) is 32.0 Å². The van der Waals surface area contributed by atoms with Crippen LogP contribution in [0.2, 0.25) is 0 Å². The van der Waals surface area contributed by atoms with Crippen LogP contribution in [0, 0.1) is 5.82 Å². The fourth-order valence-corrected chi connectivity index (χ4v) is 1.58. The van der Waals surface area contributed by atoms with Crippen molar-refractivity contribution in [1.82, 2.24) is 10.3 Å². The highest BCUT2D eigenvalue weighted by Gasteiger charge is 2.11. The Kier molecular flexibility index (Phi) is 4.47. The summed E-state index contributed by atoms with van der Waals surface area (Å²) in [5.41, 5.74) is 0.551. The van der Waals surface area contributed by atoms with Gasteiger partial charge in [-0.05, 0) is 18.2 Å². The second kappa shape index (κ2) is 6.29. The normalized spacial score (nSPS) is 10.7. The molecule has 1 N–H and O–H groups in total. The number of hydrogen-bond acceptors (Lipinski definition) is 3. The molecule has 3 nitrogen and oxygen atoms in total. The van der Waals surface area contributed by atoms with Crippen molar-refractivity contribution in [3.8, 4) is 11.6 Å². The third-order valence-electron chi connectivity index (χ3n) is 2.60. The van der Waals surface area contributed by atoms with Crippen LogP contribution in [0.25, 0.3) is 0 Å². The molecule has 0 radical (unpaired) electrons. The van der Waals surface area contributed by atoms with Crippen molar-refractivity contribution >= 4 is 0 Å². The highest BCUT2D eigenvalue weighted by Crippen LogP contribution is 2.23. The van der Waals surface area contributed by atoms with Crippen LogP contribution in [0.1, 0.15) is 19.4 Å². The molecule has 100 valence electrons. The Labute approximate surface area is 112 Å². The molecule has 2 aromatic rings. The third-order valence-corrected chi connectivity index (χ3v) is 2.60. The Morgan fingerprint density at radius 1 is 1.21 bits per heavy atom. The van der Waals surface area contributed by atoms with Gasteiger partial charge < -0.3 is 10.1 Å². The summed E-state index contributed by atoms with van der Waals surface area (Å²) in [6, 6.07) is 11.0. The van der Waals surface area contributed by atoms with Crippen LogP contribution in [0.15, 0.2) is 42.6 Å². The van der Waals surface area contributed by atoms with E-state index in [1.807, 2.05) is 32.0 Å². The van der Waals surface area contributed by atoms with Crippen molar-refractivity contribution in [3.63, 3.8) is 0 Å². The topological polar surface area (TPSA) is 34.2 Å². The van der Waals surface area contributed by atoms with E-state index in [9.17, 15) is 4.39 Å². The summed E-state index contributed by atoms with van der Waals surface area (Å²) in [5.74, 6) is 0.164. The standard InChI is InChI=1S/C15H17FN2O/c1-11(2)18-10-12-8-9-17-15(14(12)16)19-13-6-4-3-5-7-13/h3-9,11,18H,10H2,1-2H3. The summed E-state index contributed by atoms with van der Waals surface area (Å²) >= 11 is 0. The van der Waals surface area contributed by atoms with E-state index < -0.39 is 5.82 Å². The van der Waals surface area contributed by atoms with Crippen molar-refractivity contribution in [1.29, 1.82) is 0 Å². The zero-order valence-electron chi connectivity index (χ0n) is 11.1. The van der Waals surface area contributed by atoms with Gasteiger partial charge >= 0.3 is 0 Å². The largest absolute Gasteiger partial charge is 0.436 e. The summed E-state index contributed by atoms with van der Waals surface area (Å²) in [4.78, 5) is 3.94. The van der Waals surface area contributed by atoms with Crippen LogP contribution in [0.4, 0.5) is 4.39 Å². The van der Waals surface area contributed by atoms with E-state index in [1.54, 1.807) is 24.4 Å². The monoisotopic (exact) mass is 260 g/mol. The van der Waals surface area contributed by atoms with Crippen molar-refractivity contribution in [3.05, 3.63) is 54.0 Å². The third kappa shape index (κ3) is 3.76. The molecule has 0 aliphatic heterocycles. The quantitative estimate of drug-likeness (QED) is 0.893. The lowest BCUT2D eigenvalue weighted by atomic mass is 10.2. The van der Waals surface area contributed by atoms with Crippen LogP contribution >= 0.6 is 0 Å². The van der Waals surface area contributed by atoms with Gasteiger partial charge in [0.1, 0.15) is 5.75 Å². The van der Waals surface area contributed by atoms with E-state index in [4.69, 9.17) is 4.74 Å². The maximum Gasteiger partial charge on any atom is 0.256 e. The van der Waals surface area contributed by atoms with Crippen LogP contribution in [-0.4, -0.2) is 11.0 Å². The fraction of sp³-hybridized carbons (Fsp3) is 0.267. The minimum absolute atomic E-state index is 0.00857. The van der Waals surface area contributed by atoms with Crippen molar-refractivity contribution in [2.24, 2.45) is 0 Å². The zero-order chi connectivity index (χ0) is 13.7. The number of nitrogens with one attached hydrogen (secondary N) is 1. The van der Waals surface area contributed by atoms with Crippen LogP contribution in [0.3, 0.4) is 0 Å². The van der Waals surface area contributed by atoms with Crippen molar-refractivity contribution in [2.45, 2.75) is 26.4 Å². The Bertz CT molecular complexity index is 529. The first kappa shape index (κ1) is 13.5. The Hall–Kier alpha value is -1.94. The van der Waals surface area contributed by atoms with Gasteiger partial charge in [0.05, 0.1) is 0 Å². The Morgan fingerprint density at radius 2 is 1.95 bits per heavy atom. The molecule has 0 atom stereocenters. The van der Waals surface area contributed by atoms with Gasteiger partial charge in [0.15, 0.2) is 5.82 Å². The smallest absolute Gasteiger partial charge is 0.256 e. The molecule has 19 heavy (non-hydrogen) atoms. The molecule has 1 aromatic heterocycles. The fourth-order valence-electron chi connectivity index (χ4n) is 1.58. The number of pyridine rings is 1. The van der Waals surface area contributed by atoms with E-state index in [0.717, 1.165) is 0 Å². The van der Waals surface area contributed by atoms with Crippen molar-refractivity contribution in [2.75, 3.05) is 0 Å². The summed E-state index contributed by atoms with van der Waals surface area (Å²) in [6.07, 6.45) is 1.55. The highest BCUT2D eigenvalue weighted by molar-refractivity contribution is 5.30. The minimum atomic E-state index is -0.417. The molecule has 4 heteroatoms. The van der Waals surface area contributed by atoms with E-state index >= 15 is 0 Å². The number of aromatic nitrogens is 1. The maximum absolute atomic E-state index is 14.2. The number of halogens is 1. The molecule has 0 unspecified atom stereocenters. The molecule has 0 spiro atoms. The van der Waals surface area contributed by atoms with Gasteiger partial charge in [0.2, 0.25) is 0 Å². The summed E-state index contributed by atoms with van der Waals surface area (Å²) in [5, 5.41) is 3.17. The SMILES string of the molecule is CC(C)NCc1ccnc(Oc2ccccc2)c1F. The van der Waals surface area contributed by atoms with Gasteiger partial charge in [-0.2, -0.15) is 0 Å². The number of nitrogens with zero attached hydrogens (tertiary/aromatic N) is 1. The lowest BCUT2D eigenvalue weighted by molar-refractivity contribution is 0.416. The minimum Gasteiger partial charge on any atom is -0.436 e. The molecule has 0 aliphatic carbocycles. The molecule has 0 amide bonds. The van der Waals surface area contributed by atoms with Crippen LogP contribution in [-0.2, 0) is 6.54 Å². The molecule has 1 heterocycles. The number of hydrogen-bond donors (Lipinski definition) is 1. The van der Waals surface area contributed by atoms with E-state index in [0.29, 0.717) is 23.9 Å². The van der Waals surface area contributed by atoms with Gasteiger partial charge in [0.25, 0.3) is 5.88 Å². The lowest BCUT2D eigenvalue weighted by Crippen LogP contribution is -2.22. The number of benzene rings is 1. The number of rotatable bonds is 5. The molecule has 0 aliphatic rings. The zero-order valence-corrected chi connectivity index (χ0v) is 11.1. The van der Waals surface area contributed by atoms with Crippen LogP contribution in [0.5, 0.6) is 11.6 Å². The van der Waals surface area contributed by atoms with Gasteiger partial charge in [-0.25, -0.2) is 9.37 Å². The first-order chi connectivity index (χ1) is 9.16. The predicted octanol–water partition coefficient (Wildman–Crippen LogP) is 3.51. The molecular formula is C15H17FN2O. The average Bonchev–Trinajstić information content (AvgIpc) is 2.41. The molecule has 0 saturated carbocycles. The first-order valence-corrected chi connectivity index (χ1v) is 6.26. The van der Waals surface area contributed by atoms with Crippen molar-refractivity contribution < 1.29 is 9.13 Å². The molecule has 0 bridgehead atoms. The average molecular weight is 260 g/mol. The first-order valence-electron chi connectivity index (χ1n) is 6.26. The second-order valence-electron chi connectivity index (χ2n) is 4.54. The van der Waals surface area contributed by atoms with Gasteiger partial charge in [-0.15, -0.1) is 0 Å². The second-order valence-corrected chi connectivity index (χ2v) is 4.54. The number of ether oxygens (including phenoxy) is 1. The van der Waals surface area contributed by atoms with Crippen LogP contribution < -0.4 is 10.1 Å². The highest BCUT2D eigenvalue weighted by atomic mass is 19.1. The maximum atomic E-state index is 14.2. The lowest BCUT2D eigenvalue weighted by Gasteiger charge is -2.11. The van der Waals surface area contributed by atoms with E-state index in [-0.39, 0.29) is 5.88 Å².